The van der Waals surface area contributed by atoms with Crippen LogP contribution in [0.25, 0.3) is 22.0 Å². The first-order valence-corrected chi connectivity index (χ1v) is 9.26. The molecule has 4 aromatic rings. The number of nitrogens with one attached hydrogen (secondary N) is 2. The third-order valence-corrected chi connectivity index (χ3v) is 5.13. The first-order chi connectivity index (χ1) is 13.5. The molecule has 0 aliphatic heterocycles. The van der Waals surface area contributed by atoms with Crippen molar-refractivity contribution in [3.63, 3.8) is 0 Å². The number of benzene rings is 3. The molecule has 4 rings (SSSR count). The molecule has 0 saturated carbocycles. The second-order valence-corrected chi connectivity index (χ2v) is 7.07. The average Bonchev–Trinajstić information content (AvgIpc) is 2.70. The topological polar surface area (TPSA) is 62.0 Å². The van der Waals surface area contributed by atoms with Crippen molar-refractivity contribution in [3.8, 4) is 11.3 Å². The van der Waals surface area contributed by atoms with Crippen LogP contribution in [-0.2, 0) is 0 Å². The summed E-state index contributed by atoms with van der Waals surface area (Å²) in [6.07, 6.45) is 0. The van der Waals surface area contributed by atoms with Crippen molar-refractivity contribution < 1.29 is 4.79 Å². The van der Waals surface area contributed by atoms with Crippen LogP contribution in [0.1, 0.15) is 10.4 Å². The zero-order valence-electron chi connectivity index (χ0n) is 14.5. The second kappa shape index (κ2) is 7.50. The molecule has 0 aliphatic rings. The molecule has 4 nitrogen and oxygen atoms in total. The number of rotatable bonds is 3. The van der Waals surface area contributed by atoms with Gasteiger partial charge in [-0.2, -0.15) is 0 Å². The smallest absolute Gasteiger partial charge is 0.261 e. The SMILES string of the molecule is O=C(Nc1ccc(Cl)c(Cl)c1)c1ccc(-c2ccc3ccccc3c2)[nH]c1=O. The van der Waals surface area contributed by atoms with E-state index in [1.54, 1.807) is 18.2 Å². The van der Waals surface area contributed by atoms with Crippen molar-refractivity contribution in [1.82, 2.24) is 4.98 Å². The molecule has 138 valence electrons. The van der Waals surface area contributed by atoms with Crippen molar-refractivity contribution >= 4 is 45.6 Å². The second-order valence-electron chi connectivity index (χ2n) is 6.26. The summed E-state index contributed by atoms with van der Waals surface area (Å²) in [6.45, 7) is 0. The van der Waals surface area contributed by atoms with E-state index in [1.807, 2.05) is 42.5 Å². The van der Waals surface area contributed by atoms with Crippen LogP contribution < -0.4 is 10.9 Å². The van der Waals surface area contributed by atoms with Gasteiger partial charge in [-0.05, 0) is 52.7 Å². The Balaban J connectivity index is 1.62. The maximum absolute atomic E-state index is 12.5. The highest BCUT2D eigenvalue weighted by molar-refractivity contribution is 6.42. The number of hydrogen-bond acceptors (Lipinski definition) is 2. The van der Waals surface area contributed by atoms with Gasteiger partial charge in [0.25, 0.3) is 11.5 Å². The zero-order chi connectivity index (χ0) is 19.7. The zero-order valence-corrected chi connectivity index (χ0v) is 16.0. The molecule has 1 amide bonds. The Hall–Kier alpha value is -3.08. The molecule has 0 saturated heterocycles. The minimum atomic E-state index is -0.523. The predicted molar refractivity (Wildman–Crippen MR) is 114 cm³/mol. The van der Waals surface area contributed by atoms with Gasteiger partial charge in [-0.3, -0.25) is 9.59 Å². The number of pyridine rings is 1. The normalized spacial score (nSPS) is 10.8. The van der Waals surface area contributed by atoms with E-state index in [1.165, 1.54) is 12.1 Å². The third kappa shape index (κ3) is 3.65. The number of carbonyl (C=O) groups is 1. The third-order valence-electron chi connectivity index (χ3n) is 4.39. The van der Waals surface area contributed by atoms with Crippen LogP contribution in [0.4, 0.5) is 5.69 Å². The minimum Gasteiger partial charge on any atom is -0.322 e. The summed E-state index contributed by atoms with van der Waals surface area (Å²) in [4.78, 5) is 27.7. The maximum atomic E-state index is 12.5. The van der Waals surface area contributed by atoms with E-state index < -0.39 is 11.5 Å². The summed E-state index contributed by atoms with van der Waals surface area (Å²) in [5.41, 5.74) is 1.50. The van der Waals surface area contributed by atoms with Crippen LogP contribution in [0.15, 0.2) is 77.6 Å². The molecular formula is C22H14Cl2N2O2. The van der Waals surface area contributed by atoms with Gasteiger partial charge in [0.05, 0.1) is 10.0 Å². The molecule has 3 aromatic carbocycles. The van der Waals surface area contributed by atoms with E-state index >= 15 is 0 Å². The van der Waals surface area contributed by atoms with Gasteiger partial charge in [-0.25, -0.2) is 0 Å². The molecule has 1 aromatic heterocycles. The van der Waals surface area contributed by atoms with Crippen molar-refractivity contribution in [3.05, 3.63) is 98.8 Å². The number of carbonyl (C=O) groups excluding carboxylic acids is 1. The number of fused-ring (bicyclic) bond motifs is 1. The molecule has 2 N–H and O–H groups in total. The Bertz CT molecular complexity index is 1260. The summed E-state index contributed by atoms with van der Waals surface area (Å²) >= 11 is 11.8. The van der Waals surface area contributed by atoms with Crippen molar-refractivity contribution in [2.45, 2.75) is 0 Å². The van der Waals surface area contributed by atoms with Crippen LogP contribution in [-0.4, -0.2) is 10.9 Å². The highest BCUT2D eigenvalue weighted by atomic mass is 35.5. The molecule has 0 unspecified atom stereocenters. The molecule has 28 heavy (non-hydrogen) atoms. The van der Waals surface area contributed by atoms with E-state index in [0.717, 1.165) is 16.3 Å². The summed E-state index contributed by atoms with van der Waals surface area (Å²) in [5, 5.41) is 5.54. The van der Waals surface area contributed by atoms with Gasteiger partial charge in [0.2, 0.25) is 0 Å². The van der Waals surface area contributed by atoms with Crippen molar-refractivity contribution in [2.24, 2.45) is 0 Å². The largest absolute Gasteiger partial charge is 0.322 e. The highest BCUT2D eigenvalue weighted by Gasteiger charge is 2.13. The fraction of sp³-hybridized carbons (Fsp3) is 0. The van der Waals surface area contributed by atoms with Gasteiger partial charge < -0.3 is 10.3 Å². The van der Waals surface area contributed by atoms with E-state index in [2.05, 4.69) is 10.3 Å². The lowest BCUT2D eigenvalue weighted by molar-refractivity contribution is 0.102. The van der Waals surface area contributed by atoms with Gasteiger partial charge in [-0.1, -0.05) is 59.6 Å². The first-order valence-electron chi connectivity index (χ1n) is 8.50. The number of H-pyrrole nitrogens is 1. The molecular weight excluding hydrogens is 395 g/mol. The van der Waals surface area contributed by atoms with E-state index in [4.69, 9.17) is 23.2 Å². The summed E-state index contributed by atoms with van der Waals surface area (Å²) in [6, 6.07) is 21.8. The lowest BCUT2D eigenvalue weighted by Gasteiger charge is -2.08. The van der Waals surface area contributed by atoms with Crippen LogP contribution >= 0.6 is 23.2 Å². The Morgan fingerprint density at radius 3 is 2.36 bits per heavy atom. The first kappa shape index (κ1) is 18.3. The van der Waals surface area contributed by atoms with E-state index in [9.17, 15) is 9.59 Å². The average molecular weight is 409 g/mol. The number of anilines is 1. The fourth-order valence-electron chi connectivity index (χ4n) is 2.95. The lowest BCUT2D eigenvalue weighted by Crippen LogP contribution is -2.23. The van der Waals surface area contributed by atoms with Crippen LogP contribution in [0, 0.1) is 0 Å². The molecule has 6 heteroatoms. The van der Waals surface area contributed by atoms with Crippen LogP contribution in [0.5, 0.6) is 0 Å². The van der Waals surface area contributed by atoms with Gasteiger partial charge in [0.15, 0.2) is 0 Å². The lowest BCUT2D eigenvalue weighted by atomic mass is 10.0. The van der Waals surface area contributed by atoms with E-state index in [0.29, 0.717) is 21.4 Å². The van der Waals surface area contributed by atoms with E-state index in [-0.39, 0.29) is 5.56 Å². The van der Waals surface area contributed by atoms with Crippen molar-refractivity contribution in [1.29, 1.82) is 0 Å². The van der Waals surface area contributed by atoms with Crippen LogP contribution in [0.3, 0.4) is 0 Å². The maximum Gasteiger partial charge on any atom is 0.261 e. The van der Waals surface area contributed by atoms with Crippen molar-refractivity contribution in [2.75, 3.05) is 5.32 Å². The number of aromatic nitrogens is 1. The molecule has 1 heterocycles. The highest BCUT2D eigenvalue weighted by Crippen LogP contribution is 2.25. The molecule has 0 fully saturated rings. The summed E-state index contributed by atoms with van der Waals surface area (Å²) < 4.78 is 0. The number of aromatic amines is 1. The van der Waals surface area contributed by atoms with Gasteiger partial charge in [0.1, 0.15) is 5.56 Å². The Kier molecular flexibility index (Phi) is 4.90. The molecule has 0 aliphatic carbocycles. The van der Waals surface area contributed by atoms with Crippen LogP contribution in [0.2, 0.25) is 10.0 Å². The Labute approximate surface area is 170 Å². The molecule has 0 spiro atoms. The minimum absolute atomic E-state index is 0.00983. The number of hydrogen-bond donors (Lipinski definition) is 2. The van der Waals surface area contributed by atoms with Gasteiger partial charge >= 0.3 is 0 Å². The monoisotopic (exact) mass is 408 g/mol. The summed E-state index contributed by atoms with van der Waals surface area (Å²) in [5.74, 6) is -0.523. The molecule has 0 atom stereocenters. The van der Waals surface area contributed by atoms with Gasteiger partial charge in [0, 0.05) is 11.4 Å². The number of halogens is 2. The predicted octanol–water partition coefficient (Wildman–Crippen LogP) is 5.75. The quantitative estimate of drug-likeness (QED) is 0.452. The fourth-order valence-corrected chi connectivity index (χ4v) is 3.25. The Morgan fingerprint density at radius 1 is 0.821 bits per heavy atom. The van der Waals surface area contributed by atoms with Gasteiger partial charge in [-0.15, -0.1) is 0 Å². The Morgan fingerprint density at radius 2 is 1.61 bits per heavy atom. The molecule has 0 radical (unpaired) electrons. The molecule has 0 bridgehead atoms. The standard InChI is InChI=1S/C22H14Cl2N2O2/c23-18-9-7-16(12-19(18)24)25-21(27)17-8-10-20(26-22(17)28)15-6-5-13-3-1-2-4-14(13)11-15/h1-12H,(H,25,27)(H,26,28). The number of amides is 1. The summed E-state index contributed by atoms with van der Waals surface area (Å²) in [7, 11) is 0.